The number of aldehydes is 1. The average molecular weight is 1620 g/mol. The van der Waals surface area contributed by atoms with E-state index in [0.717, 1.165) is 64.7 Å². The number of methoxy groups -OCH3 is 1. The van der Waals surface area contributed by atoms with Crippen LogP contribution in [0.25, 0.3) is 38.8 Å². The van der Waals surface area contributed by atoms with Crippen LogP contribution in [0, 0.1) is 29.1 Å². The number of nitrogens with zero attached hydrogens (tertiary/aromatic N) is 4. The molecule has 10 heterocycles. The third-order valence-corrected chi connectivity index (χ3v) is 22.0. The number of carboxylic acid groups (broad SMARTS) is 1. The van der Waals surface area contributed by atoms with Crippen LogP contribution >= 0.6 is 34.8 Å². The Bertz CT molecular complexity index is 5590. The number of hydrogen-bond acceptors (Lipinski definition) is 17. The van der Waals surface area contributed by atoms with Gasteiger partial charge in [0.2, 0.25) is 0 Å². The molecule has 28 heteroatoms. The van der Waals surface area contributed by atoms with Gasteiger partial charge in [0.1, 0.15) is 46.4 Å². The Kier molecular flexibility index (Phi) is 21.6. The van der Waals surface area contributed by atoms with Crippen molar-refractivity contribution in [3.8, 4) is 34.5 Å². The van der Waals surface area contributed by atoms with Crippen molar-refractivity contribution in [1.29, 1.82) is 0 Å². The fraction of sp³-hybridized carbons (Fsp3) is 0.314. The van der Waals surface area contributed by atoms with Crippen molar-refractivity contribution in [1.82, 2.24) is 19.1 Å². The van der Waals surface area contributed by atoms with E-state index in [-0.39, 0.29) is 86.0 Å². The number of hydrogen-bond donors (Lipinski definition) is 1. The van der Waals surface area contributed by atoms with Crippen molar-refractivity contribution in [3.63, 3.8) is 0 Å². The second kappa shape index (κ2) is 31.8. The maximum absolute atomic E-state index is 15.1. The van der Waals surface area contributed by atoms with Gasteiger partial charge in [-0.15, -0.1) is 0 Å². The smallest absolute Gasteiger partial charge is 0.338 e. The molecule has 2 aromatic heterocycles. The highest BCUT2D eigenvalue weighted by molar-refractivity contribution is 6.31. The van der Waals surface area contributed by atoms with Crippen LogP contribution in [0.3, 0.4) is 0 Å². The van der Waals surface area contributed by atoms with E-state index in [2.05, 4.69) is 28.2 Å². The largest absolute Gasteiger partial charge is 0.478 e. The highest BCUT2D eigenvalue weighted by Gasteiger charge is 2.46. The zero-order valence-electron chi connectivity index (χ0n) is 61.9. The second-order valence-electron chi connectivity index (χ2n) is 29.0. The van der Waals surface area contributed by atoms with Gasteiger partial charge in [0, 0.05) is 85.0 Å². The van der Waals surface area contributed by atoms with Crippen molar-refractivity contribution < 1.29 is 98.3 Å². The fourth-order valence-electron chi connectivity index (χ4n) is 15.2. The summed E-state index contributed by atoms with van der Waals surface area (Å²) in [7, 11) is 1.26. The molecule has 18 rings (SSSR count). The number of para-hydroxylation sites is 3. The van der Waals surface area contributed by atoms with Gasteiger partial charge in [0.25, 0.3) is 17.4 Å². The number of carboxylic acids is 1. The molecule has 8 aromatic carbocycles. The van der Waals surface area contributed by atoms with Crippen LogP contribution in [-0.2, 0) is 76.5 Å². The van der Waals surface area contributed by atoms with E-state index in [1.807, 2.05) is 45.5 Å². The van der Waals surface area contributed by atoms with E-state index >= 15 is 4.39 Å². The first-order valence-corrected chi connectivity index (χ1v) is 38.2. The van der Waals surface area contributed by atoms with Crippen LogP contribution in [0.2, 0.25) is 15.1 Å². The van der Waals surface area contributed by atoms with Gasteiger partial charge in [-0.25, -0.2) is 41.5 Å². The number of ether oxygens (including phenoxy) is 12. The average Bonchev–Trinajstić information content (AvgIpc) is 1.61. The van der Waals surface area contributed by atoms with Crippen molar-refractivity contribution in [3.05, 3.63) is 252 Å². The SMILES string of the molecule is COC(=O)c1cc(F)c2nc(C[C@@H]3CC=C(c4cccc5c4O[C@@](C)(c4ccc(Cl)cc4F)O5)CO3)n(C[C@@H]3CCO3)c2c1.C[C@]1(c2ccc(Cl)cc2F)Oc2cccc(C3=CC[C@@H](CC=O)OC3)c2O1.C[C@]1(c2ccc(Cl)cc2F)Oc2cccc(C3=CC[C@@H](Cc4nc5c(F)cc(C(=O)O)cc5n4C[C@@H]4CCO4)OC3)c2O1. The summed E-state index contributed by atoms with van der Waals surface area (Å²) in [5.74, 6) is -4.29. The predicted octanol–water partition coefficient (Wildman–Crippen LogP) is 18.0. The van der Waals surface area contributed by atoms with Crippen LogP contribution in [0.4, 0.5) is 22.0 Å². The molecule has 20 nitrogen and oxygen atoms in total. The number of halogens is 8. The van der Waals surface area contributed by atoms with Gasteiger partial charge in [-0.05, 0) is 146 Å². The van der Waals surface area contributed by atoms with E-state index in [4.69, 9.17) is 91.6 Å². The summed E-state index contributed by atoms with van der Waals surface area (Å²) in [5, 5.41) is 10.3. The number of aromatic carboxylic acids is 1. The van der Waals surface area contributed by atoms with Gasteiger partial charge in [-0.3, -0.25) is 0 Å². The summed E-state index contributed by atoms with van der Waals surface area (Å²) in [6.45, 7) is 8.23. The van der Waals surface area contributed by atoms with Crippen LogP contribution in [0.5, 0.6) is 34.5 Å². The zero-order chi connectivity index (χ0) is 79.5. The van der Waals surface area contributed by atoms with Crippen LogP contribution in [0.15, 0.2) is 152 Å². The Morgan fingerprint density at radius 1 is 0.491 bits per heavy atom. The molecule has 2 fully saturated rings. The minimum absolute atomic E-state index is 0.0100. The number of fused-ring (bicyclic) bond motifs is 5. The van der Waals surface area contributed by atoms with Crippen molar-refractivity contribution >= 4 is 91.8 Å². The van der Waals surface area contributed by atoms with Gasteiger partial charge >= 0.3 is 11.9 Å². The Hall–Kier alpha value is -10.3. The molecule has 0 amide bonds. The lowest BCUT2D eigenvalue weighted by Crippen LogP contribution is -2.33. The molecular formula is C86H74Cl3F5N4O16. The normalized spacial score (nSPS) is 22.9. The molecule has 0 unspecified atom stereocenters. The Balaban J connectivity index is 0.000000133. The number of rotatable bonds is 18. The van der Waals surface area contributed by atoms with E-state index < -0.39 is 58.4 Å². The summed E-state index contributed by atoms with van der Waals surface area (Å²) in [6, 6.07) is 35.0. The molecule has 0 radical (unpaired) electrons. The molecule has 10 aromatic rings. The lowest BCUT2D eigenvalue weighted by molar-refractivity contribution is -0.110. The minimum Gasteiger partial charge on any atom is -0.478 e. The van der Waals surface area contributed by atoms with E-state index in [1.165, 1.54) is 31.4 Å². The van der Waals surface area contributed by atoms with Gasteiger partial charge in [-0.1, -0.05) is 89.4 Å². The first-order valence-electron chi connectivity index (χ1n) is 37.1. The molecule has 0 bridgehead atoms. The van der Waals surface area contributed by atoms with Crippen LogP contribution in [0.1, 0.15) is 125 Å². The topological polar surface area (TPSA) is 218 Å². The molecule has 590 valence electrons. The lowest BCUT2D eigenvalue weighted by Gasteiger charge is -2.28. The molecule has 114 heavy (non-hydrogen) atoms. The number of imidazole rings is 2. The summed E-state index contributed by atoms with van der Waals surface area (Å²) in [5.41, 5.74) is 7.17. The Labute approximate surface area is 665 Å². The number of carbonyl (C=O) groups excluding carboxylic acids is 2. The van der Waals surface area contributed by atoms with E-state index in [0.29, 0.717) is 140 Å². The quantitative estimate of drug-likeness (QED) is 0.0480. The highest BCUT2D eigenvalue weighted by atomic mass is 35.5. The van der Waals surface area contributed by atoms with Crippen LogP contribution < -0.4 is 28.4 Å². The van der Waals surface area contributed by atoms with Crippen molar-refractivity contribution in [2.75, 3.05) is 40.1 Å². The number of aromatic nitrogens is 4. The second-order valence-corrected chi connectivity index (χ2v) is 30.3. The summed E-state index contributed by atoms with van der Waals surface area (Å²) >= 11 is 17.7. The number of benzene rings is 8. The van der Waals surface area contributed by atoms with Crippen LogP contribution in [-0.4, -0.2) is 113 Å². The van der Waals surface area contributed by atoms with E-state index in [1.54, 1.807) is 81.4 Å². The van der Waals surface area contributed by atoms with Crippen molar-refractivity contribution in [2.24, 2.45) is 0 Å². The Morgan fingerprint density at radius 2 is 0.860 bits per heavy atom. The maximum Gasteiger partial charge on any atom is 0.338 e. The highest BCUT2D eigenvalue weighted by Crippen LogP contribution is 2.53. The molecule has 8 atom stereocenters. The Morgan fingerprint density at radius 3 is 1.18 bits per heavy atom. The monoisotopic (exact) mass is 1620 g/mol. The third-order valence-electron chi connectivity index (χ3n) is 21.3. The standard InChI is InChI=1S/C33H29ClF2N2O6.C32H27ClF2N2O6.C21H18ClFO4/c1-33(24-9-7-20(34)14-25(24)35)43-28-5-3-4-23(31(28)44-33)18-6-8-21(42-17-18)15-29-37-30-26(36)12-19(32(39)40-2)13-27(30)38(29)16-22-10-11-41-22;1-32(23-8-6-19(33)13-24(23)34)42-27-4-2-3-22(30(27)43-32)17-5-7-20(41-16-17)14-28-36-29-25(35)11-18(31(38)39)12-26(29)37(28)15-21-9-10-40-21;1-21(17-8-6-14(22)11-18(17)23)26-19-4-2-3-16(20(19)27-21)13-5-7-15(9-10-24)25-12-13/h3-7,9,12-14,21-22H,8,10-11,15-17H2,1-2H3;2-6,8,11-13,20-21H,7,9-10,14-16H2,1H3,(H,38,39);2-6,8,10-11,15H,7,9,12H2,1H3/t21-,22-,33-;20-,21-,32-;15-,21-/m000/s1. The van der Waals surface area contributed by atoms with Gasteiger partial charge in [0.15, 0.2) is 46.1 Å². The predicted molar refractivity (Wildman–Crippen MR) is 411 cm³/mol. The molecule has 1 N–H and O–H groups in total. The first kappa shape index (κ1) is 77.6. The number of carbonyl (C=O) groups is 3. The molecule has 8 aliphatic heterocycles. The summed E-state index contributed by atoms with van der Waals surface area (Å²) in [6.07, 6.45) is 11.2. The zero-order valence-corrected chi connectivity index (χ0v) is 64.2. The molecular weight excluding hydrogens is 1550 g/mol. The maximum atomic E-state index is 15.1. The molecule has 2 saturated heterocycles. The molecule has 8 aliphatic rings. The van der Waals surface area contributed by atoms with Crippen molar-refractivity contribution in [2.45, 2.75) is 133 Å². The molecule has 0 spiro atoms. The third kappa shape index (κ3) is 15.5. The number of esters is 1. The summed E-state index contributed by atoms with van der Waals surface area (Å²) in [4.78, 5) is 43.6. The first-order chi connectivity index (χ1) is 54.9. The fourth-order valence-corrected chi connectivity index (χ4v) is 15.7. The minimum atomic E-state index is -1.37. The van der Waals surface area contributed by atoms with Gasteiger partial charge < -0.3 is 75.9 Å². The van der Waals surface area contributed by atoms with Gasteiger partial charge in [-0.2, -0.15) is 0 Å². The van der Waals surface area contributed by atoms with Gasteiger partial charge in [0.05, 0.1) is 109 Å². The lowest BCUT2D eigenvalue weighted by atomic mass is 9.99. The molecule has 0 aliphatic carbocycles. The van der Waals surface area contributed by atoms with E-state index in [9.17, 15) is 37.1 Å². The molecule has 0 saturated carbocycles. The summed E-state index contributed by atoms with van der Waals surface area (Å²) < 4.78 is 149.